The van der Waals surface area contributed by atoms with E-state index in [0.717, 1.165) is 11.3 Å². The minimum absolute atomic E-state index is 0.0646. The summed E-state index contributed by atoms with van der Waals surface area (Å²) in [4.78, 5) is 36.4. The molecule has 4 N–H and O–H groups in total. The molecule has 0 aliphatic carbocycles. The van der Waals surface area contributed by atoms with Crippen LogP contribution in [-0.4, -0.2) is 43.9 Å². The average molecular weight is 397 g/mol. The van der Waals surface area contributed by atoms with Gasteiger partial charge in [-0.1, -0.05) is 30.3 Å². The van der Waals surface area contributed by atoms with E-state index in [1.54, 1.807) is 24.3 Å². The largest absolute Gasteiger partial charge is 0.351 e. The summed E-state index contributed by atoms with van der Waals surface area (Å²) in [5.74, 6) is -0.373. The minimum atomic E-state index is -0.161. The molecule has 29 heavy (non-hydrogen) atoms. The Kier molecular flexibility index (Phi) is 8.85. The molecule has 0 fully saturated rings. The van der Waals surface area contributed by atoms with Crippen molar-refractivity contribution in [3.05, 3.63) is 60.2 Å². The molecule has 0 radical (unpaired) electrons. The summed E-state index contributed by atoms with van der Waals surface area (Å²) in [5.41, 5.74) is 2.49. The Morgan fingerprint density at radius 3 is 2.00 bits per heavy atom. The quantitative estimate of drug-likeness (QED) is 0.479. The van der Waals surface area contributed by atoms with Gasteiger partial charge >= 0.3 is 0 Å². The van der Waals surface area contributed by atoms with Gasteiger partial charge < -0.3 is 20.9 Å². The Morgan fingerprint density at radius 2 is 1.41 bits per heavy atom. The fraction of sp³-hybridized carbons (Fsp3) is 0.318. The van der Waals surface area contributed by atoms with E-state index in [4.69, 9.17) is 0 Å². The van der Waals surface area contributed by atoms with Gasteiger partial charge in [-0.05, 0) is 43.2 Å². The fourth-order valence-corrected chi connectivity index (χ4v) is 2.87. The third kappa shape index (κ3) is 8.57. The first kappa shape index (κ1) is 22.1. The summed E-state index contributed by atoms with van der Waals surface area (Å²) in [5, 5.41) is 8.41. The van der Waals surface area contributed by atoms with Crippen LogP contribution >= 0.6 is 0 Å². The predicted molar refractivity (Wildman–Crippen MR) is 114 cm³/mol. The van der Waals surface area contributed by atoms with Gasteiger partial charge in [-0.3, -0.25) is 14.4 Å². The van der Waals surface area contributed by atoms with E-state index in [9.17, 15) is 14.4 Å². The van der Waals surface area contributed by atoms with Gasteiger partial charge in [0.2, 0.25) is 5.91 Å². The van der Waals surface area contributed by atoms with E-state index >= 15 is 0 Å². The maximum atomic E-state index is 12.3. The van der Waals surface area contributed by atoms with Crippen LogP contribution in [0.5, 0.6) is 0 Å². The van der Waals surface area contributed by atoms with E-state index in [-0.39, 0.29) is 30.8 Å². The number of quaternary nitrogens is 1. The number of carbonyl (C=O) groups excluding carboxylic acids is 3. The molecular weight excluding hydrogens is 368 g/mol. The Morgan fingerprint density at radius 1 is 0.828 bits per heavy atom. The lowest BCUT2D eigenvalue weighted by Crippen LogP contribution is -3.14. The molecule has 0 spiro atoms. The van der Waals surface area contributed by atoms with Crippen molar-refractivity contribution < 1.29 is 19.3 Å². The molecule has 1 atom stereocenters. The van der Waals surface area contributed by atoms with Crippen molar-refractivity contribution in [3.63, 3.8) is 0 Å². The number of benzene rings is 2. The Balaban J connectivity index is 1.74. The monoisotopic (exact) mass is 397 g/mol. The maximum Gasteiger partial charge on any atom is 0.279 e. The number of nitrogens with one attached hydrogen (secondary N) is 4. The number of hydrogen-bond donors (Lipinski definition) is 4. The first-order chi connectivity index (χ1) is 14.0. The van der Waals surface area contributed by atoms with Crippen LogP contribution in [0.4, 0.5) is 11.4 Å². The number of carbonyl (C=O) groups is 3. The van der Waals surface area contributed by atoms with Crippen molar-refractivity contribution >= 4 is 29.1 Å². The molecule has 0 aromatic heterocycles. The summed E-state index contributed by atoms with van der Waals surface area (Å²) < 4.78 is 0. The van der Waals surface area contributed by atoms with Crippen molar-refractivity contribution in [2.24, 2.45) is 0 Å². The number of hydrogen-bond acceptors (Lipinski definition) is 3. The Bertz CT molecular complexity index is 807. The van der Waals surface area contributed by atoms with Gasteiger partial charge in [-0.15, -0.1) is 0 Å². The smallest absolute Gasteiger partial charge is 0.279 e. The average Bonchev–Trinajstić information content (AvgIpc) is 2.69. The lowest BCUT2D eigenvalue weighted by molar-refractivity contribution is -0.881. The summed E-state index contributed by atoms with van der Waals surface area (Å²) in [7, 11) is 0. The minimum Gasteiger partial charge on any atom is -0.351 e. The number of likely N-dealkylation sites (N-methyl/N-ethyl adjacent to an activating group) is 1. The number of rotatable bonds is 10. The molecular formula is C22H29N4O3+. The molecule has 0 saturated carbocycles. The van der Waals surface area contributed by atoms with Crippen molar-refractivity contribution in [2.45, 2.75) is 20.3 Å². The standard InChI is InChI=1S/C22H28N4O3/c1-3-26(15-21(28)23-14-13-18-7-5-4-6-8-18)16-22(29)25-20-11-9-19(10-12-20)24-17(2)27/h4-12H,3,13-16H2,1-2H3,(H,23,28)(H,24,27)(H,25,29)/p+1. The molecule has 0 saturated heterocycles. The van der Waals surface area contributed by atoms with Crippen LogP contribution < -0.4 is 20.9 Å². The van der Waals surface area contributed by atoms with Crippen LogP contribution in [0.1, 0.15) is 19.4 Å². The summed E-state index contributed by atoms with van der Waals surface area (Å²) in [6.45, 7) is 5.08. The topological polar surface area (TPSA) is 91.7 Å². The molecule has 3 amide bonds. The molecule has 7 heteroatoms. The van der Waals surface area contributed by atoms with Crippen LogP contribution in [0.2, 0.25) is 0 Å². The zero-order chi connectivity index (χ0) is 21.1. The van der Waals surface area contributed by atoms with Gasteiger partial charge in [-0.25, -0.2) is 0 Å². The highest BCUT2D eigenvalue weighted by atomic mass is 16.2. The normalized spacial score (nSPS) is 11.4. The summed E-state index contributed by atoms with van der Waals surface area (Å²) in [6.07, 6.45) is 0.781. The molecule has 7 nitrogen and oxygen atoms in total. The number of anilines is 2. The SMILES string of the molecule is CC[NH+](CC(=O)NCCc1ccccc1)CC(=O)Nc1ccc(NC(C)=O)cc1. The first-order valence-electron chi connectivity index (χ1n) is 9.78. The summed E-state index contributed by atoms with van der Waals surface area (Å²) >= 11 is 0. The maximum absolute atomic E-state index is 12.3. The highest BCUT2D eigenvalue weighted by molar-refractivity contribution is 5.92. The van der Waals surface area contributed by atoms with Crippen molar-refractivity contribution in [1.82, 2.24) is 5.32 Å². The van der Waals surface area contributed by atoms with Crippen LogP contribution in [0.3, 0.4) is 0 Å². The molecule has 154 valence electrons. The molecule has 0 bridgehead atoms. The van der Waals surface area contributed by atoms with E-state index in [2.05, 4.69) is 16.0 Å². The zero-order valence-corrected chi connectivity index (χ0v) is 17.0. The van der Waals surface area contributed by atoms with Crippen molar-refractivity contribution in [3.8, 4) is 0 Å². The third-order valence-corrected chi connectivity index (χ3v) is 4.39. The second-order valence-corrected chi connectivity index (χ2v) is 6.85. The second-order valence-electron chi connectivity index (χ2n) is 6.85. The van der Waals surface area contributed by atoms with E-state index in [0.29, 0.717) is 24.5 Å². The lowest BCUT2D eigenvalue weighted by atomic mass is 10.1. The highest BCUT2D eigenvalue weighted by Crippen LogP contribution is 2.13. The third-order valence-electron chi connectivity index (χ3n) is 4.39. The predicted octanol–water partition coefficient (Wildman–Crippen LogP) is 0.847. The van der Waals surface area contributed by atoms with Crippen molar-refractivity contribution in [2.75, 3.05) is 36.8 Å². The summed E-state index contributed by atoms with van der Waals surface area (Å²) in [6, 6.07) is 16.9. The van der Waals surface area contributed by atoms with Crippen LogP contribution in [0, 0.1) is 0 Å². The van der Waals surface area contributed by atoms with Gasteiger partial charge in [-0.2, -0.15) is 0 Å². The first-order valence-corrected chi connectivity index (χ1v) is 9.78. The molecule has 0 aliphatic heterocycles. The lowest BCUT2D eigenvalue weighted by Gasteiger charge is -2.17. The number of amides is 3. The van der Waals surface area contributed by atoms with Gasteiger partial charge in [0.25, 0.3) is 11.8 Å². The van der Waals surface area contributed by atoms with Crippen molar-refractivity contribution in [1.29, 1.82) is 0 Å². The molecule has 2 aromatic rings. The molecule has 2 rings (SSSR count). The molecule has 0 heterocycles. The van der Waals surface area contributed by atoms with Crippen LogP contribution in [0.15, 0.2) is 54.6 Å². The van der Waals surface area contributed by atoms with Gasteiger partial charge in [0, 0.05) is 24.8 Å². The Labute approximate surface area is 171 Å². The van der Waals surface area contributed by atoms with Gasteiger partial charge in [0.05, 0.1) is 6.54 Å². The Hall–Kier alpha value is -3.19. The van der Waals surface area contributed by atoms with Crippen LogP contribution in [-0.2, 0) is 20.8 Å². The molecule has 2 aromatic carbocycles. The molecule has 0 aliphatic rings. The van der Waals surface area contributed by atoms with Gasteiger partial charge in [0.15, 0.2) is 13.1 Å². The second kappa shape index (κ2) is 11.6. The van der Waals surface area contributed by atoms with E-state index in [1.807, 2.05) is 37.3 Å². The zero-order valence-electron chi connectivity index (χ0n) is 17.0. The van der Waals surface area contributed by atoms with E-state index in [1.165, 1.54) is 12.5 Å². The highest BCUT2D eigenvalue weighted by Gasteiger charge is 2.16. The van der Waals surface area contributed by atoms with Gasteiger partial charge in [0.1, 0.15) is 0 Å². The fourth-order valence-electron chi connectivity index (χ4n) is 2.87. The van der Waals surface area contributed by atoms with Crippen LogP contribution in [0.25, 0.3) is 0 Å². The molecule has 1 unspecified atom stereocenters. The van der Waals surface area contributed by atoms with E-state index < -0.39 is 0 Å².